The minimum absolute atomic E-state index is 0.0609. The molecule has 0 aromatic rings. The van der Waals surface area contributed by atoms with Crippen LogP contribution in [-0.4, -0.2) is 37.9 Å². The van der Waals surface area contributed by atoms with Crippen molar-refractivity contribution in [2.24, 2.45) is 0 Å². The van der Waals surface area contributed by atoms with Gasteiger partial charge in [-0.1, -0.05) is 223 Å². The standard InChI is InChI=1S/C55H98O5/c1-4-7-10-13-16-19-22-25-28-30-33-36-39-42-45-48-54(56)59-52-53(51-58-50-47-44-41-38-35-32-27-24-21-18-15-12-9-6-3)60-55(57)49-46-43-40-37-34-31-29-26-23-20-17-14-11-8-5-2/h9,12,18,21,25,27-28,32,38,41,53H,4-8,10-11,13-17,19-20,22-24,26,29-31,33-37,39-40,42-52H2,1-3H3/b12-9-,21-18-,28-25-,32-27-,41-38-. The molecule has 0 aliphatic heterocycles. The van der Waals surface area contributed by atoms with E-state index < -0.39 is 6.10 Å². The summed E-state index contributed by atoms with van der Waals surface area (Å²) in [5.41, 5.74) is 0. The van der Waals surface area contributed by atoms with Gasteiger partial charge in [-0.05, 0) is 77.0 Å². The number of unbranched alkanes of at least 4 members (excludes halogenated alkanes) is 26. The molecule has 0 aromatic heterocycles. The van der Waals surface area contributed by atoms with Crippen molar-refractivity contribution in [1.82, 2.24) is 0 Å². The minimum Gasteiger partial charge on any atom is -0.462 e. The van der Waals surface area contributed by atoms with Gasteiger partial charge in [0.2, 0.25) is 0 Å². The molecule has 0 rings (SSSR count). The molecule has 60 heavy (non-hydrogen) atoms. The summed E-state index contributed by atoms with van der Waals surface area (Å²) in [7, 11) is 0. The number of carbonyl (C=O) groups is 2. The van der Waals surface area contributed by atoms with Crippen LogP contribution in [0.3, 0.4) is 0 Å². The molecule has 5 nitrogen and oxygen atoms in total. The number of allylic oxidation sites excluding steroid dienone is 10. The average molecular weight is 839 g/mol. The summed E-state index contributed by atoms with van der Waals surface area (Å²) in [5.74, 6) is -0.429. The predicted molar refractivity (Wildman–Crippen MR) is 261 cm³/mol. The van der Waals surface area contributed by atoms with Crippen molar-refractivity contribution >= 4 is 11.9 Å². The van der Waals surface area contributed by atoms with Gasteiger partial charge in [0.1, 0.15) is 6.61 Å². The van der Waals surface area contributed by atoms with E-state index in [-0.39, 0.29) is 25.2 Å². The van der Waals surface area contributed by atoms with E-state index in [1.165, 1.54) is 141 Å². The maximum absolute atomic E-state index is 12.8. The molecule has 0 aliphatic carbocycles. The lowest BCUT2D eigenvalue weighted by Gasteiger charge is -2.18. The molecule has 0 bridgehead atoms. The zero-order chi connectivity index (χ0) is 43.5. The van der Waals surface area contributed by atoms with Crippen molar-refractivity contribution in [3.63, 3.8) is 0 Å². The van der Waals surface area contributed by atoms with E-state index in [0.29, 0.717) is 19.4 Å². The van der Waals surface area contributed by atoms with Crippen molar-refractivity contribution in [2.75, 3.05) is 19.8 Å². The van der Waals surface area contributed by atoms with Gasteiger partial charge in [0, 0.05) is 19.4 Å². The van der Waals surface area contributed by atoms with Gasteiger partial charge in [0.15, 0.2) is 6.10 Å². The van der Waals surface area contributed by atoms with Crippen molar-refractivity contribution in [3.8, 4) is 0 Å². The molecular weight excluding hydrogens is 741 g/mol. The lowest BCUT2D eigenvalue weighted by molar-refractivity contribution is -0.163. The smallest absolute Gasteiger partial charge is 0.306 e. The first-order valence-electron chi connectivity index (χ1n) is 25.8. The molecule has 0 fully saturated rings. The van der Waals surface area contributed by atoms with Crippen LogP contribution < -0.4 is 0 Å². The first-order valence-corrected chi connectivity index (χ1v) is 25.8. The lowest BCUT2D eigenvalue weighted by Crippen LogP contribution is -2.30. The van der Waals surface area contributed by atoms with Gasteiger partial charge in [0.05, 0.1) is 6.61 Å². The summed E-state index contributed by atoms with van der Waals surface area (Å²) in [4.78, 5) is 25.4. The second-order valence-electron chi connectivity index (χ2n) is 17.0. The van der Waals surface area contributed by atoms with Crippen molar-refractivity contribution in [1.29, 1.82) is 0 Å². The largest absolute Gasteiger partial charge is 0.462 e. The Morgan fingerprint density at radius 2 is 0.750 bits per heavy atom. The van der Waals surface area contributed by atoms with Crippen LogP contribution in [0.2, 0.25) is 0 Å². The fraction of sp³-hybridized carbons (Fsp3) is 0.782. The van der Waals surface area contributed by atoms with Gasteiger partial charge >= 0.3 is 11.9 Å². The maximum Gasteiger partial charge on any atom is 0.306 e. The Morgan fingerprint density at radius 1 is 0.383 bits per heavy atom. The molecule has 0 aromatic carbocycles. The fourth-order valence-corrected chi connectivity index (χ4v) is 7.22. The SMILES string of the molecule is CC/C=C\C/C=C\C/C=C\C/C=C\CCCOCC(COC(=O)CCCCCCC/C=C\CCCCCCCC)OC(=O)CCCCCCCCCCCCCCCCC. The normalized spacial score (nSPS) is 12.7. The molecule has 0 aliphatic rings. The monoisotopic (exact) mass is 839 g/mol. The first-order chi connectivity index (χ1) is 29.6. The maximum atomic E-state index is 12.8. The molecule has 0 amide bonds. The van der Waals surface area contributed by atoms with Crippen molar-refractivity contribution < 1.29 is 23.8 Å². The predicted octanol–water partition coefficient (Wildman–Crippen LogP) is 17.3. The van der Waals surface area contributed by atoms with Gasteiger partial charge < -0.3 is 14.2 Å². The number of hydrogen-bond acceptors (Lipinski definition) is 5. The van der Waals surface area contributed by atoms with Gasteiger partial charge in [-0.3, -0.25) is 9.59 Å². The van der Waals surface area contributed by atoms with Crippen molar-refractivity contribution in [3.05, 3.63) is 60.8 Å². The lowest BCUT2D eigenvalue weighted by atomic mass is 10.0. The second kappa shape index (κ2) is 51.0. The zero-order valence-corrected chi connectivity index (χ0v) is 40.0. The highest BCUT2D eigenvalue weighted by atomic mass is 16.6. The first kappa shape index (κ1) is 57.6. The van der Waals surface area contributed by atoms with E-state index in [9.17, 15) is 9.59 Å². The van der Waals surface area contributed by atoms with Crippen LogP contribution in [0.1, 0.15) is 252 Å². The molecule has 1 unspecified atom stereocenters. The highest BCUT2D eigenvalue weighted by molar-refractivity contribution is 5.70. The number of rotatable bonds is 47. The van der Waals surface area contributed by atoms with Crippen LogP contribution in [0.15, 0.2) is 60.8 Å². The molecule has 0 heterocycles. The third kappa shape index (κ3) is 48.3. The summed E-state index contributed by atoms with van der Waals surface area (Å²) < 4.78 is 17.3. The van der Waals surface area contributed by atoms with Gasteiger partial charge in [-0.25, -0.2) is 0 Å². The zero-order valence-electron chi connectivity index (χ0n) is 40.0. The van der Waals surface area contributed by atoms with Gasteiger partial charge in [-0.2, -0.15) is 0 Å². The summed E-state index contributed by atoms with van der Waals surface area (Å²) in [6.07, 6.45) is 63.8. The molecular formula is C55H98O5. The Bertz CT molecular complexity index is 1040. The van der Waals surface area contributed by atoms with E-state index in [2.05, 4.69) is 81.5 Å². The van der Waals surface area contributed by atoms with Crippen molar-refractivity contribution in [2.45, 2.75) is 258 Å². The number of carbonyl (C=O) groups excluding carboxylic acids is 2. The third-order valence-electron chi connectivity index (χ3n) is 11.0. The Morgan fingerprint density at radius 3 is 1.22 bits per heavy atom. The summed E-state index contributed by atoms with van der Waals surface area (Å²) in [6, 6.07) is 0. The molecule has 0 saturated carbocycles. The van der Waals surface area contributed by atoms with Crippen LogP contribution >= 0.6 is 0 Å². The summed E-state index contributed by atoms with van der Waals surface area (Å²) in [6.45, 7) is 7.59. The molecule has 5 heteroatoms. The minimum atomic E-state index is -0.565. The average Bonchev–Trinajstić information content (AvgIpc) is 3.25. The molecule has 0 saturated heterocycles. The molecule has 0 spiro atoms. The summed E-state index contributed by atoms with van der Waals surface area (Å²) in [5, 5.41) is 0. The van der Waals surface area contributed by atoms with Gasteiger partial charge in [0.25, 0.3) is 0 Å². The summed E-state index contributed by atoms with van der Waals surface area (Å²) >= 11 is 0. The number of esters is 2. The van der Waals surface area contributed by atoms with E-state index in [0.717, 1.165) is 77.0 Å². The van der Waals surface area contributed by atoms with E-state index in [1.54, 1.807) is 0 Å². The van der Waals surface area contributed by atoms with E-state index in [1.807, 2.05) is 0 Å². The fourth-order valence-electron chi connectivity index (χ4n) is 7.22. The highest BCUT2D eigenvalue weighted by Crippen LogP contribution is 2.15. The molecule has 0 N–H and O–H groups in total. The highest BCUT2D eigenvalue weighted by Gasteiger charge is 2.17. The van der Waals surface area contributed by atoms with Crippen LogP contribution in [0, 0.1) is 0 Å². The third-order valence-corrected chi connectivity index (χ3v) is 11.0. The van der Waals surface area contributed by atoms with Crippen LogP contribution in [0.25, 0.3) is 0 Å². The van der Waals surface area contributed by atoms with E-state index in [4.69, 9.17) is 14.2 Å². The topological polar surface area (TPSA) is 61.8 Å². The quantitative estimate of drug-likeness (QED) is 0.0347. The molecule has 348 valence electrons. The molecule has 1 atom stereocenters. The second-order valence-corrected chi connectivity index (χ2v) is 17.0. The van der Waals surface area contributed by atoms with Crippen LogP contribution in [-0.2, 0) is 23.8 Å². The Kier molecular flexibility index (Phi) is 48.9. The van der Waals surface area contributed by atoms with Crippen LogP contribution in [0.4, 0.5) is 0 Å². The Hall–Kier alpha value is -2.40. The van der Waals surface area contributed by atoms with Gasteiger partial charge in [-0.15, -0.1) is 0 Å². The number of ether oxygens (including phenoxy) is 3. The Labute approximate surface area is 373 Å². The van der Waals surface area contributed by atoms with E-state index >= 15 is 0 Å². The molecule has 0 radical (unpaired) electrons. The Balaban J connectivity index is 4.33. The number of hydrogen-bond donors (Lipinski definition) is 0. The van der Waals surface area contributed by atoms with Crippen LogP contribution in [0.5, 0.6) is 0 Å².